The Bertz CT molecular complexity index is 682. The van der Waals surface area contributed by atoms with Gasteiger partial charge in [0.15, 0.2) is 22.4 Å². The average Bonchev–Trinajstić information content (AvgIpc) is 2.81. The third-order valence-electron chi connectivity index (χ3n) is 2.84. The van der Waals surface area contributed by atoms with Crippen molar-refractivity contribution in [3.63, 3.8) is 0 Å². The summed E-state index contributed by atoms with van der Waals surface area (Å²) in [6.45, 7) is 6.09. The van der Waals surface area contributed by atoms with Crippen molar-refractivity contribution in [1.29, 1.82) is 0 Å². The van der Waals surface area contributed by atoms with E-state index in [-0.39, 0.29) is 23.0 Å². The van der Waals surface area contributed by atoms with Crippen molar-refractivity contribution in [3.05, 3.63) is 42.2 Å². The first kappa shape index (κ1) is 15.1. The van der Waals surface area contributed by atoms with Crippen LogP contribution >= 0.6 is 11.8 Å². The van der Waals surface area contributed by atoms with Gasteiger partial charge in [-0.2, -0.15) is 0 Å². The molecular formula is C14H15N3O3S. The summed E-state index contributed by atoms with van der Waals surface area (Å²) in [5, 5.41) is 27.3. The number of ketones is 1. The number of phenols is 2. The molecule has 1 aromatic heterocycles. The van der Waals surface area contributed by atoms with Crippen molar-refractivity contribution >= 4 is 17.5 Å². The zero-order valence-electron chi connectivity index (χ0n) is 11.5. The van der Waals surface area contributed by atoms with Gasteiger partial charge in [-0.3, -0.25) is 4.79 Å². The zero-order valence-corrected chi connectivity index (χ0v) is 12.3. The molecule has 0 bridgehead atoms. The molecule has 2 N–H and O–H groups in total. The van der Waals surface area contributed by atoms with E-state index in [1.165, 1.54) is 30.0 Å². The summed E-state index contributed by atoms with van der Waals surface area (Å²) in [5.74, 6) is 0.199. The molecule has 0 fully saturated rings. The number of aromatic nitrogens is 3. The lowest BCUT2D eigenvalue weighted by molar-refractivity contribution is 0.102. The Labute approximate surface area is 126 Å². The van der Waals surface area contributed by atoms with E-state index in [1.807, 2.05) is 11.5 Å². The topological polar surface area (TPSA) is 88.2 Å². The molecule has 0 spiro atoms. The molecule has 6 nitrogen and oxygen atoms in total. The van der Waals surface area contributed by atoms with Gasteiger partial charge in [0.1, 0.15) is 5.82 Å². The summed E-state index contributed by atoms with van der Waals surface area (Å²) in [6, 6.07) is 4.01. The highest BCUT2D eigenvalue weighted by atomic mass is 32.2. The molecule has 0 saturated carbocycles. The Kier molecular flexibility index (Phi) is 4.64. The van der Waals surface area contributed by atoms with Crippen molar-refractivity contribution in [1.82, 2.24) is 14.8 Å². The van der Waals surface area contributed by atoms with Crippen LogP contribution in [-0.2, 0) is 6.54 Å². The lowest BCUT2D eigenvalue weighted by atomic mass is 10.1. The van der Waals surface area contributed by atoms with Crippen LogP contribution in [0.3, 0.4) is 0 Å². The quantitative estimate of drug-likeness (QED) is 0.368. The van der Waals surface area contributed by atoms with Gasteiger partial charge in [-0.15, -0.1) is 16.8 Å². The minimum atomic E-state index is -0.309. The lowest BCUT2D eigenvalue weighted by Gasteiger charge is -2.05. The van der Waals surface area contributed by atoms with E-state index in [9.17, 15) is 15.0 Å². The smallest absolute Gasteiger partial charge is 0.191 e. The third-order valence-corrected chi connectivity index (χ3v) is 3.81. The number of phenolic OH excluding ortho intramolecular Hbond substituents is 2. The number of thioether (sulfide) groups is 1. The van der Waals surface area contributed by atoms with Crippen LogP contribution in [0.15, 0.2) is 36.0 Å². The van der Waals surface area contributed by atoms with Crippen molar-refractivity contribution in [2.45, 2.75) is 18.6 Å². The number of rotatable bonds is 6. The molecule has 1 heterocycles. The standard InChI is InChI=1S/C14H15N3O3S/c1-3-6-17-9(2)15-16-14(17)21-8-13(20)10-4-5-11(18)12(19)7-10/h3-5,7,18-19H,1,6,8H2,2H3. The molecule has 2 aromatic rings. The van der Waals surface area contributed by atoms with Crippen LogP contribution in [0.4, 0.5) is 0 Å². The summed E-state index contributed by atoms with van der Waals surface area (Å²) in [4.78, 5) is 12.1. The number of carbonyl (C=O) groups excluding carboxylic acids is 1. The van der Waals surface area contributed by atoms with Gasteiger partial charge < -0.3 is 14.8 Å². The summed E-state index contributed by atoms with van der Waals surface area (Å²) < 4.78 is 1.86. The van der Waals surface area contributed by atoms with Crippen molar-refractivity contribution in [2.24, 2.45) is 0 Å². The number of aryl methyl sites for hydroxylation is 1. The Balaban J connectivity index is 2.07. The fourth-order valence-corrected chi connectivity index (χ4v) is 2.61. The van der Waals surface area contributed by atoms with Crippen LogP contribution in [0.5, 0.6) is 11.5 Å². The normalized spacial score (nSPS) is 10.5. The molecule has 0 radical (unpaired) electrons. The van der Waals surface area contributed by atoms with Crippen molar-refractivity contribution < 1.29 is 15.0 Å². The second-order valence-corrected chi connectivity index (χ2v) is 5.29. The molecule has 21 heavy (non-hydrogen) atoms. The maximum atomic E-state index is 12.1. The summed E-state index contributed by atoms with van der Waals surface area (Å²) in [6.07, 6.45) is 1.74. The molecule has 0 saturated heterocycles. The largest absolute Gasteiger partial charge is 0.504 e. The Hall–Kier alpha value is -2.28. The number of benzene rings is 1. The monoisotopic (exact) mass is 305 g/mol. The van der Waals surface area contributed by atoms with Crippen LogP contribution in [0, 0.1) is 6.92 Å². The average molecular weight is 305 g/mol. The van der Waals surface area contributed by atoms with Crippen LogP contribution in [0.1, 0.15) is 16.2 Å². The predicted molar refractivity (Wildman–Crippen MR) is 79.8 cm³/mol. The molecule has 110 valence electrons. The first-order valence-corrected chi connectivity index (χ1v) is 7.20. The van der Waals surface area contributed by atoms with Crippen molar-refractivity contribution in [2.75, 3.05) is 5.75 Å². The summed E-state index contributed by atoms with van der Waals surface area (Å²) in [7, 11) is 0. The Morgan fingerprint density at radius 3 is 2.81 bits per heavy atom. The van der Waals surface area contributed by atoms with Crippen LogP contribution in [0.25, 0.3) is 0 Å². The van der Waals surface area contributed by atoms with Crippen molar-refractivity contribution in [3.8, 4) is 11.5 Å². The molecule has 0 aliphatic heterocycles. The Morgan fingerprint density at radius 1 is 1.38 bits per heavy atom. The minimum Gasteiger partial charge on any atom is -0.504 e. The second kappa shape index (κ2) is 6.45. The molecule has 0 unspecified atom stereocenters. The van der Waals surface area contributed by atoms with Gasteiger partial charge in [-0.1, -0.05) is 17.8 Å². The minimum absolute atomic E-state index is 0.166. The van der Waals surface area contributed by atoms with E-state index in [0.717, 1.165) is 5.82 Å². The molecule has 0 aliphatic carbocycles. The molecule has 0 aliphatic rings. The van der Waals surface area contributed by atoms with Crippen LogP contribution in [0.2, 0.25) is 0 Å². The summed E-state index contributed by atoms with van der Waals surface area (Å²) >= 11 is 1.27. The fourth-order valence-electron chi connectivity index (χ4n) is 1.72. The summed E-state index contributed by atoms with van der Waals surface area (Å²) in [5.41, 5.74) is 0.337. The van der Waals surface area contributed by atoms with Crippen LogP contribution in [-0.4, -0.2) is 36.5 Å². The highest BCUT2D eigenvalue weighted by Gasteiger charge is 2.13. The first-order valence-electron chi connectivity index (χ1n) is 6.21. The van der Waals surface area contributed by atoms with Gasteiger partial charge in [0.2, 0.25) is 0 Å². The molecule has 1 aromatic carbocycles. The highest BCUT2D eigenvalue weighted by Crippen LogP contribution is 2.26. The van der Waals surface area contributed by atoms with Gasteiger partial charge in [0, 0.05) is 12.1 Å². The second-order valence-electron chi connectivity index (χ2n) is 4.34. The number of nitrogens with zero attached hydrogens (tertiary/aromatic N) is 3. The van der Waals surface area contributed by atoms with Gasteiger partial charge >= 0.3 is 0 Å². The number of carbonyl (C=O) groups is 1. The van der Waals surface area contributed by atoms with Gasteiger partial charge in [0.05, 0.1) is 5.75 Å². The number of hydrogen-bond donors (Lipinski definition) is 2. The number of Topliss-reactive ketones (excluding diaryl/α,β-unsaturated/α-hetero) is 1. The Morgan fingerprint density at radius 2 is 2.14 bits per heavy atom. The van der Waals surface area contributed by atoms with E-state index < -0.39 is 0 Å². The lowest BCUT2D eigenvalue weighted by Crippen LogP contribution is -2.05. The molecule has 0 atom stereocenters. The fraction of sp³-hybridized carbons (Fsp3) is 0.214. The van der Waals surface area contributed by atoms with Gasteiger partial charge in [0.25, 0.3) is 0 Å². The van der Waals surface area contributed by atoms with Gasteiger partial charge in [-0.05, 0) is 25.1 Å². The highest BCUT2D eigenvalue weighted by molar-refractivity contribution is 7.99. The molecule has 7 heteroatoms. The number of aromatic hydroxyl groups is 2. The van der Waals surface area contributed by atoms with E-state index in [1.54, 1.807) is 6.08 Å². The van der Waals surface area contributed by atoms with Gasteiger partial charge in [-0.25, -0.2) is 0 Å². The first-order chi connectivity index (χ1) is 10.0. The molecule has 0 amide bonds. The predicted octanol–water partition coefficient (Wildman–Crippen LogP) is 2.16. The SMILES string of the molecule is C=CCn1c(C)nnc1SCC(=O)c1ccc(O)c(O)c1. The van der Waals surface area contributed by atoms with E-state index in [4.69, 9.17) is 0 Å². The maximum absolute atomic E-state index is 12.1. The number of allylic oxidation sites excluding steroid dienone is 1. The van der Waals surface area contributed by atoms with E-state index >= 15 is 0 Å². The third kappa shape index (κ3) is 3.43. The van der Waals surface area contributed by atoms with E-state index in [0.29, 0.717) is 17.3 Å². The van der Waals surface area contributed by atoms with Crippen LogP contribution < -0.4 is 0 Å². The van der Waals surface area contributed by atoms with E-state index in [2.05, 4.69) is 16.8 Å². The zero-order chi connectivity index (χ0) is 15.4. The maximum Gasteiger partial charge on any atom is 0.191 e. The molecule has 2 rings (SSSR count). The number of hydrogen-bond acceptors (Lipinski definition) is 6. The molecular weight excluding hydrogens is 290 g/mol.